The molecule has 1 N–H and O–H groups in total. The minimum atomic E-state index is 0.866. The van der Waals surface area contributed by atoms with Crippen LogP contribution in [0.1, 0.15) is 11.3 Å². The van der Waals surface area contributed by atoms with E-state index in [9.17, 15) is 0 Å². The van der Waals surface area contributed by atoms with Gasteiger partial charge < -0.3 is 5.32 Å². The van der Waals surface area contributed by atoms with E-state index in [4.69, 9.17) is 0 Å². The summed E-state index contributed by atoms with van der Waals surface area (Å²) in [6.07, 6.45) is 5.73. The van der Waals surface area contributed by atoms with E-state index in [0.29, 0.717) is 0 Å². The van der Waals surface area contributed by atoms with Gasteiger partial charge in [-0.2, -0.15) is 5.10 Å². The van der Waals surface area contributed by atoms with Crippen LogP contribution in [-0.2, 0) is 6.54 Å². The highest BCUT2D eigenvalue weighted by atomic mass is 15.3. The lowest BCUT2D eigenvalue weighted by molar-refractivity contribution is 0.637. The van der Waals surface area contributed by atoms with Crippen LogP contribution in [0.3, 0.4) is 0 Å². The van der Waals surface area contributed by atoms with Gasteiger partial charge in [0.15, 0.2) is 0 Å². The van der Waals surface area contributed by atoms with E-state index in [2.05, 4.69) is 15.4 Å². The topological polar surface area (TPSA) is 42.7 Å². The van der Waals surface area contributed by atoms with Crippen LogP contribution in [0.25, 0.3) is 0 Å². The molecule has 0 saturated heterocycles. The van der Waals surface area contributed by atoms with Gasteiger partial charge in [-0.1, -0.05) is 0 Å². The molecule has 4 heteroatoms. The predicted octanol–water partition coefficient (Wildman–Crippen LogP) is 2.01. The lowest BCUT2D eigenvalue weighted by Crippen LogP contribution is -2.10. The Labute approximate surface area is 95.3 Å². The quantitative estimate of drug-likeness (QED) is 0.850. The van der Waals surface area contributed by atoms with Crippen LogP contribution < -0.4 is 5.32 Å². The van der Waals surface area contributed by atoms with Gasteiger partial charge >= 0.3 is 0 Å². The largest absolute Gasteiger partial charge is 0.383 e. The van der Waals surface area contributed by atoms with Gasteiger partial charge in [-0.3, -0.25) is 9.67 Å². The molecule has 2 heterocycles. The first-order valence-corrected chi connectivity index (χ1v) is 5.39. The van der Waals surface area contributed by atoms with Gasteiger partial charge in [-0.05, 0) is 31.5 Å². The Morgan fingerprint density at radius 2 is 2.25 bits per heavy atom. The molecule has 16 heavy (non-hydrogen) atoms. The van der Waals surface area contributed by atoms with Gasteiger partial charge in [0.1, 0.15) is 0 Å². The SMILES string of the molecule is Cc1cnn(CCNc2ccnc(C)c2)c1. The zero-order chi connectivity index (χ0) is 11.4. The van der Waals surface area contributed by atoms with Crippen molar-refractivity contribution in [2.24, 2.45) is 0 Å². The van der Waals surface area contributed by atoms with Crippen LogP contribution >= 0.6 is 0 Å². The van der Waals surface area contributed by atoms with Crippen molar-refractivity contribution in [2.45, 2.75) is 20.4 Å². The molecule has 0 bridgehead atoms. The highest BCUT2D eigenvalue weighted by Gasteiger charge is 1.95. The Kier molecular flexibility index (Phi) is 3.19. The third kappa shape index (κ3) is 2.82. The number of rotatable bonds is 4. The molecule has 2 aromatic heterocycles. The molecule has 0 spiro atoms. The number of hydrogen-bond acceptors (Lipinski definition) is 3. The minimum absolute atomic E-state index is 0.866. The second-order valence-corrected chi connectivity index (χ2v) is 3.89. The molecule has 0 atom stereocenters. The second kappa shape index (κ2) is 4.79. The summed E-state index contributed by atoms with van der Waals surface area (Å²) in [6, 6.07) is 4.01. The van der Waals surface area contributed by atoms with Crippen molar-refractivity contribution in [2.75, 3.05) is 11.9 Å². The standard InChI is InChI=1S/C12H16N4/c1-10-8-15-16(9-10)6-5-14-12-3-4-13-11(2)7-12/h3-4,7-9H,5-6H2,1-2H3,(H,13,14). The van der Waals surface area contributed by atoms with Crippen LogP contribution in [-0.4, -0.2) is 21.3 Å². The van der Waals surface area contributed by atoms with Crippen molar-refractivity contribution in [1.82, 2.24) is 14.8 Å². The third-order valence-electron chi connectivity index (χ3n) is 2.33. The fourth-order valence-corrected chi connectivity index (χ4v) is 1.56. The molecule has 0 fully saturated rings. The van der Waals surface area contributed by atoms with E-state index >= 15 is 0 Å². The molecule has 0 aliphatic heterocycles. The first-order chi connectivity index (χ1) is 7.74. The summed E-state index contributed by atoms with van der Waals surface area (Å²) in [4.78, 5) is 4.15. The Bertz CT molecular complexity index is 462. The van der Waals surface area contributed by atoms with E-state index in [1.807, 2.05) is 49.3 Å². The second-order valence-electron chi connectivity index (χ2n) is 3.89. The predicted molar refractivity (Wildman–Crippen MR) is 64.4 cm³/mol. The lowest BCUT2D eigenvalue weighted by Gasteiger charge is -2.06. The molecule has 0 aliphatic carbocycles. The fraction of sp³-hybridized carbons (Fsp3) is 0.333. The molecule has 4 nitrogen and oxygen atoms in total. The maximum Gasteiger partial charge on any atom is 0.0582 e. The maximum absolute atomic E-state index is 4.23. The summed E-state index contributed by atoms with van der Waals surface area (Å²) in [5.74, 6) is 0. The molecule has 0 amide bonds. The van der Waals surface area contributed by atoms with Crippen molar-refractivity contribution in [3.05, 3.63) is 42.0 Å². The third-order valence-corrected chi connectivity index (χ3v) is 2.33. The summed E-state index contributed by atoms with van der Waals surface area (Å²) < 4.78 is 1.94. The highest BCUT2D eigenvalue weighted by Crippen LogP contribution is 2.06. The number of aromatic nitrogens is 3. The van der Waals surface area contributed by atoms with Crippen LogP contribution in [0.2, 0.25) is 0 Å². The molecule has 0 unspecified atom stereocenters. The lowest BCUT2D eigenvalue weighted by atomic mass is 10.3. The fourth-order valence-electron chi connectivity index (χ4n) is 1.56. The number of hydrogen-bond donors (Lipinski definition) is 1. The van der Waals surface area contributed by atoms with E-state index < -0.39 is 0 Å². The average molecular weight is 216 g/mol. The zero-order valence-corrected chi connectivity index (χ0v) is 9.64. The molecule has 2 rings (SSSR count). The first-order valence-electron chi connectivity index (χ1n) is 5.39. The Balaban J connectivity index is 1.84. The van der Waals surface area contributed by atoms with E-state index in [-0.39, 0.29) is 0 Å². The van der Waals surface area contributed by atoms with E-state index in [1.54, 1.807) is 0 Å². The van der Waals surface area contributed by atoms with Crippen molar-refractivity contribution in [3.63, 3.8) is 0 Å². The molecule has 0 saturated carbocycles. The summed E-state index contributed by atoms with van der Waals surface area (Å²) in [5.41, 5.74) is 3.33. The van der Waals surface area contributed by atoms with Crippen molar-refractivity contribution >= 4 is 5.69 Å². The molecule has 0 radical (unpaired) electrons. The van der Waals surface area contributed by atoms with Gasteiger partial charge in [-0.15, -0.1) is 0 Å². The highest BCUT2D eigenvalue weighted by molar-refractivity contribution is 5.42. The monoisotopic (exact) mass is 216 g/mol. The van der Waals surface area contributed by atoms with Crippen molar-refractivity contribution < 1.29 is 0 Å². The zero-order valence-electron chi connectivity index (χ0n) is 9.64. The molecular formula is C12H16N4. The van der Waals surface area contributed by atoms with Crippen LogP contribution in [0.4, 0.5) is 5.69 Å². The number of nitrogens with zero attached hydrogens (tertiary/aromatic N) is 3. The minimum Gasteiger partial charge on any atom is -0.383 e. The Morgan fingerprint density at radius 3 is 2.94 bits per heavy atom. The number of anilines is 1. The van der Waals surface area contributed by atoms with E-state index in [1.165, 1.54) is 5.56 Å². The molecule has 0 aromatic carbocycles. The molecular weight excluding hydrogens is 200 g/mol. The van der Waals surface area contributed by atoms with Crippen LogP contribution in [0, 0.1) is 13.8 Å². The number of pyridine rings is 1. The smallest absolute Gasteiger partial charge is 0.0582 e. The summed E-state index contributed by atoms with van der Waals surface area (Å²) in [5, 5.41) is 7.57. The Hall–Kier alpha value is -1.84. The van der Waals surface area contributed by atoms with Crippen molar-refractivity contribution in [3.8, 4) is 0 Å². The maximum atomic E-state index is 4.23. The molecule has 84 valence electrons. The normalized spacial score (nSPS) is 10.4. The van der Waals surface area contributed by atoms with Gasteiger partial charge in [0.2, 0.25) is 0 Å². The molecule has 0 aliphatic rings. The van der Waals surface area contributed by atoms with Crippen LogP contribution in [0.15, 0.2) is 30.7 Å². The average Bonchev–Trinajstić information content (AvgIpc) is 2.64. The summed E-state index contributed by atoms with van der Waals surface area (Å²) >= 11 is 0. The number of nitrogens with one attached hydrogen (secondary N) is 1. The molecule has 2 aromatic rings. The van der Waals surface area contributed by atoms with Gasteiger partial charge in [0, 0.05) is 30.3 Å². The van der Waals surface area contributed by atoms with Gasteiger partial charge in [0.05, 0.1) is 12.7 Å². The van der Waals surface area contributed by atoms with Gasteiger partial charge in [0.25, 0.3) is 0 Å². The van der Waals surface area contributed by atoms with Crippen molar-refractivity contribution in [1.29, 1.82) is 0 Å². The summed E-state index contributed by atoms with van der Waals surface area (Å²) in [6.45, 7) is 5.77. The Morgan fingerprint density at radius 1 is 1.38 bits per heavy atom. The first kappa shape index (κ1) is 10.7. The van der Waals surface area contributed by atoms with E-state index in [0.717, 1.165) is 24.5 Å². The summed E-state index contributed by atoms with van der Waals surface area (Å²) in [7, 11) is 0. The number of aryl methyl sites for hydroxylation is 2. The van der Waals surface area contributed by atoms with Gasteiger partial charge in [-0.25, -0.2) is 0 Å². The van der Waals surface area contributed by atoms with Crippen LogP contribution in [0.5, 0.6) is 0 Å².